The van der Waals surface area contributed by atoms with E-state index in [-0.39, 0.29) is 18.1 Å². The molecule has 3 heteroatoms. The van der Waals surface area contributed by atoms with Gasteiger partial charge in [0.2, 0.25) is 5.91 Å². The van der Waals surface area contributed by atoms with E-state index in [9.17, 15) is 4.79 Å². The summed E-state index contributed by atoms with van der Waals surface area (Å²) in [7, 11) is 0. The molecular formula is C17H24N2O. The third kappa shape index (κ3) is 2.59. The van der Waals surface area contributed by atoms with E-state index in [0.717, 1.165) is 12.5 Å². The number of hydrogen-bond donors (Lipinski definition) is 1. The topological polar surface area (TPSA) is 32.3 Å². The van der Waals surface area contributed by atoms with Crippen molar-refractivity contribution < 1.29 is 4.79 Å². The first kappa shape index (κ1) is 13.6. The standard InChI is InChI=1S/C17H24N2O/c1-12-8-9-14(10-12)11-19-16(18-13(2)17(19)20)15-6-4-3-5-7-15/h3-7,12-14,16,18H,8-11H2,1-2H3. The van der Waals surface area contributed by atoms with Crippen molar-refractivity contribution in [1.82, 2.24) is 10.2 Å². The van der Waals surface area contributed by atoms with Crippen LogP contribution in [0.5, 0.6) is 0 Å². The number of nitrogens with zero attached hydrogens (tertiary/aromatic N) is 1. The van der Waals surface area contributed by atoms with E-state index in [1.807, 2.05) is 25.1 Å². The molecule has 1 amide bonds. The largest absolute Gasteiger partial charge is 0.321 e. The minimum absolute atomic E-state index is 0.0506. The van der Waals surface area contributed by atoms with Crippen molar-refractivity contribution in [2.75, 3.05) is 6.54 Å². The summed E-state index contributed by atoms with van der Waals surface area (Å²) in [6.07, 6.45) is 3.89. The minimum atomic E-state index is -0.0703. The number of rotatable bonds is 3. The highest BCUT2D eigenvalue weighted by Gasteiger charge is 2.38. The van der Waals surface area contributed by atoms with E-state index in [1.54, 1.807) is 0 Å². The molecule has 2 aliphatic rings. The van der Waals surface area contributed by atoms with Gasteiger partial charge in [-0.25, -0.2) is 0 Å². The number of hydrogen-bond acceptors (Lipinski definition) is 2. The quantitative estimate of drug-likeness (QED) is 0.917. The van der Waals surface area contributed by atoms with Gasteiger partial charge < -0.3 is 4.90 Å². The fourth-order valence-electron chi connectivity index (χ4n) is 3.65. The lowest BCUT2D eigenvalue weighted by atomic mass is 10.0. The molecule has 3 rings (SSSR count). The van der Waals surface area contributed by atoms with Crippen LogP contribution in [0, 0.1) is 11.8 Å². The molecule has 1 saturated heterocycles. The van der Waals surface area contributed by atoms with Crippen molar-refractivity contribution in [3.8, 4) is 0 Å². The van der Waals surface area contributed by atoms with Crippen LogP contribution in [0.4, 0.5) is 0 Å². The lowest BCUT2D eigenvalue weighted by molar-refractivity contribution is -0.130. The first-order valence-electron chi connectivity index (χ1n) is 7.76. The van der Waals surface area contributed by atoms with Crippen LogP contribution >= 0.6 is 0 Å². The minimum Gasteiger partial charge on any atom is -0.321 e. The number of nitrogens with one attached hydrogen (secondary N) is 1. The van der Waals surface area contributed by atoms with Gasteiger partial charge in [-0.3, -0.25) is 10.1 Å². The Morgan fingerprint density at radius 1 is 1.20 bits per heavy atom. The smallest absolute Gasteiger partial charge is 0.241 e. The number of carbonyl (C=O) groups excluding carboxylic acids is 1. The van der Waals surface area contributed by atoms with E-state index in [0.29, 0.717) is 5.92 Å². The molecule has 1 aromatic rings. The highest BCUT2D eigenvalue weighted by atomic mass is 16.2. The van der Waals surface area contributed by atoms with Gasteiger partial charge in [-0.05, 0) is 37.2 Å². The summed E-state index contributed by atoms with van der Waals surface area (Å²) >= 11 is 0. The first-order chi connectivity index (χ1) is 9.65. The molecule has 0 bridgehead atoms. The molecule has 0 radical (unpaired) electrons. The third-order valence-corrected chi connectivity index (χ3v) is 4.75. The van der Waals surface area contributed by atoms with Gasteiger partial charge in [0.25, 0.3) is 0 Å². The van der Waals surface area contributed by atoms with Crippen molar-refractivity contribution in [3.05, 3.63) is 35.9 Å². The van der Waals surface area contributed by atoms with E-state index in [4.69, 9.17) is 0 Å². The average molecular weight is 272 g/mol. The number of amides is 1. The molecule has 1 aliphatic carbocycles. The van der Waals surface area contributed by atoms with Gasteiger partial charge in [-0.15, -0.1) is 0 Å². The SMILES string of the molecule is CC1CCC(CN2C(=O)C(C)NC2c2ccccc2)C1. The van der Waals surface area contributed by atoms with Gasteiger partial charge in [0.05, 0.1) is 6.04 Å². The van der Waals surface area contributed by atoms with E-state index >= 15 is 0 Å². The maximum Gasteiger partial charge on any atom is 0.241 e. The van der Waals surface area contributed by atoms with Gasteiger partial charge >= 0.3 is 0 Å². The molecule has 1 aromatic carbocycles. The molecule has 20 heavy (non-hydrogen) atoms. The van der Waals surface area contributed by atoms with Crippen molar-refractivity contribution in [1.29, 1.82) is 0 Å². The highest BCUT2D eigenvalue weighted by molar-refractivity contribution is 5.84. The van der Waals surface area contributed by atoms with Gasteiger partial charge in [0.1, 0.15) is 6.17 Å². The van der Waals surface area contributed by atoms with Gasteiger partial charge in [-0.2, -0.15) is 0 Å². The summed E-state index contributed by atoms with van der Waals surface area (Å²) in [5, 5.41) is 3.43. The molecule has 1 saturated carbocycles. The Labute approximate surface area is 121 Å². The molecule has 1 N–H and O–H groups in total. The zero-order chi connectivity index (χ0) is 14.1. The molecule has 1 heterocycles. The Hall–Kier alpha value is -1.35. The summed E-state index contributed by atoms with van der Waals surface area (Å²) in [6, 6.07) is 10.2. The summed E-state index contributed by atoms with van der Waals surface area (Å²) < 4.78 is 0. The molecule has 3 nitrogen and oxygen atoms in total. The summed E-state index contributed by atoms with van der Waals surface area (Å²) in [5.41, 5.74) is 1.19. The second-order valence-electron chi connectivity index (χ2n) is 6.48. The average Bonchev–Trinajstić information content (AvgIpc) is 2.98. The van der Waals surface area contributed by atoms with Crippen LogP contribution < -0.4 is 5.32 Å². The van der Waals surface area contributed by atoms with E-state index in [1.165, 1.54) is 24.8 Å². The van der Waals surface area contributed by atoms with Crippen molar-refractivity contribution in [3.63, 3.8) is 0 Å². The van der Waals surface area contributed by atoms with Crippen LogP contribution in [0.1, 0.15) is 44.8 Å². The Morgan fingerprint density at radius 3 is 2.60 bits per heavy atom. The highest BCUT2D eigenvalue weighted by Crippen LogP contribution is 2.34. The molecule has 1 aliphatic heterocycles. The maximum atomic E-state index is 12.4. The summed E-state index contributed by atoms with van der Waals surface area (Å²) in [6.45, 7) is 5.19. The van der Waals surface area contributed by atoms with Crippen LogP contribution in [-0.4, -0.2) is 23.4 Å². The zero-order valence-electron chi connectivity index (χ0n) is 12.4. The molecule has 0 spiro atoms. The predicted octanol–water partition coefficient (Wildman–Crippen LogP) is 2.94. The van der Waals surface area contributed by atoms with E-state index < -0.39 is 0 Å². The molecule has 4 atom stereocenters. The van der Waals surface area contributed by atoms with Crippen LogP contribution in [0.25, 0.3) is 0 Å². The fourth-order valence-corrected chi connectivity index (χ4v) is 3.65. The van der Waals surface area contributed by atoms with Crippen molar-refractivity contribution >= 4 is 5.91 Å². The zero-order valence-corrected chi connectivity index (χ0v) is 12.4. The Morgan fingerprint density at radius 2 is 1.95 bits per heavy atom. The normalized spacial score (nSPS) is 33.9. The number of benzene rings is 1. The predicted molar refractivity (Wildman–Crippen MR) is 80.0 cm³/mol. The van der Waals surface area contributed by atoms with Crippen LogP contribution in [0.2, 0.25) is 0 Å². The summed E-state index contributed by atoms with van der Waals surface area (Å²) in [4.78, 5) is 14.5. The lowest BCUT2D eigenvalue weighted by Gasteiger charge is -2.27. The monoisotopic (exact) mass is 272 g/mol. The second kappa shape index (κ2) is 5.57. The fraction of sp³-hybridized carbons (Fsp3) is 0.588. The Bertz CT molecular complexity index is 473. The van der Waals surface area contributed by atoms with E-state index in [2.05, 4.69) is 29.3 Å². The molecule has 4 unspecified atom stereocenters. The van der Waals surface area contributed by atoms with Crippen LogP contribution in [0.3, 0.4) is 0 Å². The Kier molecular flexibility index (Phi) is 3.79. The molecule has 0 aromatic heterocycles. The van der Waals surface area contributed by atoms with Gasteiger partial charge in [-0.1, -0.05) is 43.7 Å². The van der Waals surface area contributed by atoms with Crippen molar-refractivity contribution in [2.24, 2.45) is 11.8 Å². The van der Waals surface area contributed by atoms with Crippen molar-refractivity contribution in [2.45, 2.75) is 45.3 Å². The molecular weight excluding hydrogens is 248 g/mol. The Balaban J connectivity index is 1.76. The van der Waals surface area contributed by atoms with Crippen LogP contribution in [-0.2, 0) is 4.79 Å². The number of carbonyl (C=O) groups is 1. The van der Waals surface area contributed by atoms with Crippen LogP contribution in [0.15, 0.2) is 30.3 Å². The summed E-state index contributed by atoms with van der Waals surface area (Å²) in [5.74, 6) is 1.74. The molecule has 2 fully saturated rings. The first-order valence-corrected chi connectivity index (χ1v) is 7.76. The molecule has 108 valence electrons. The van der Waals surface area contributed by atoms with Gasteiger partial charge in [0, 0.05) is 6.54 Å². The third-order valence-electron chi connectivity index (χ3n) is 4.75. The lowest BCUT2D eigenvalue weighted by Crippen LogP contribution is -2.34. The second-order valence-corrected chi connectivity index (χ2v) is 6.48. The maximum absolute atomic E-state index is 12.4. The van der Waals surface area contributed by atoms with Gasteiger partial charge in [0.15, 0.2) is 0 Å².